The van der Waals surface area contributed by atoms with Crippen molar-refractivity contribution in [2.45, 2.75) is 33.1 Å². The van der Waals surface area contributed by atoms with E-state index >= 15 is 0 Å². The van der Waals surface area contributed by atoms with Gasteiger partial charge in [-0.05, 0) is 34.3 Å². The van der Waals surface area contributed by atoms with Gasteiger partial charge in [0, 0.05) is 5.92 Å². The molecule has 1 rings (SSSR count). The lowest BCUT2D eigenvalue weighted by molar-refractivity contribution is 0.387. The first kappa shape index (κ1) is 9.85. The lowest BCUT2D eigenvalue weighted by atomic mass is 9.91. The molecular weight excluding hydrogens is 216 g/mol. The molecule has 0 amide bonds. The SMILES string of the molecule is CC[C@H](c1cc(Br)co1)C(C)C. The van der Waals surface area contributed by atoms with Crippen molar-refractivity contribution in [2.24, 2.45) is 5.92 Å². The van der Waals surface area contributed by atoms with Crippen LogP contribution < -0.4 is 0 Å². The Balaban J connectivity index is 2.80. The van der Waals surface area contributed by atoms with Gasteiger partial charge in [0.25, 0.3) is 0 Å². The molecule has 1 aromatic heterocycles. The van der Waals surface area contributed by atoms with E-state index < -0.39 is 0 Å². The summed E-state index contributed by atoms with van der Waals surface area (Å²) in [6.07, 6.45) is 2.89. The fourth-order valence-electron chi connectivity index (χ4n) is 1.52. The summed E-state index contributed by atoms with van der Waals surface area (Å²) in [6, 6.07) is 2.06. The van der Waals surface area contributed by atoms with Crippen LogP contribution in [0.1, 0.15) is 38.9 Å². The second-order valence-corrected chi connectivity index (χ2v) is 4.34. The second-order valence-electron chi connectivity index (χ2n) is 3.43. The molecule has 0 saturated carbocycles. The van der Waals surface area contributed by atoms with Gasteiger partial charge in [-0.2, -0.15) is 0 Å². The van der Waals surface area contributed by atoms with Crippen LogP contribution in [0.4, 0.5) is 0 Å². The summed E-state index contributed by atoms with van der Waals surface area (Å²) < 4.78 is 6.47. The highest BCUT2D eigenvalue weighted by Crippen LogP contribution is 2.30. The van der Waals surface area contributed by atoms with Gasteiger partial charge in [-0.15, -0.1) is 0 Å². The molecule has 0 fully saturated rings. The average Bonchev–Trinajstić information content (AvgIpc) is 2.37. The molecule has 0 aliphatic carbocycles. The fraction of sp³-hybridized carbons (Fsp3) is 0.600. The predicted molar refractivity (Wildman–Crippen MR) is 54.3 cm³/mol. The monoisotopic (exact) mass is 230 g/mol. The molecule has 0 radical (unpaired) electrons. The van der Waals surface area contributed by atoms with Crippen molar-refractivity contribution >= 4 is 15.9 Å². The molecule has 68 valence electrons. The van der Waals surface area contributed by atoms with E-state index in [0.717, 1.165) is 16.7 Å². The topological polar surface area (TPSA) is 13.1 Å². The summed E-state index contributed by atoms with van der Waals surface area (Å²) in [4.78, 5) is 0. The molecule has 0 spiro atoms. The Bertz CT molecular complexity index is 240. The Morgan fingerprint density at radius 3 is 2.50 bits per heavy atom. The lowest BCUT2D eigenvalue weighted by Gasteiger charge is -2.15. The van der Waals surface area contributed by atoms with Crippen LogP contribution in [0, 0.1) is 5.92 Å². The van der Waals surface area contributed by atoms with Crippen molar-refractivity contribution in [1.29, 1.82) is 0 Å². The molecule has 0 unspecified atom stereocenters. The maximum atomic E-state index is 5.43. The Hall–Kier alpha value is -0.240. The van der Waals surface area contributed by atoms with Gasteiger partial charge >= 0.3 is 0 Å². The van der Waals surface area contributed by atoms with Crippen molar-refractivity contribution in [3.63, 3.8) is 0 Å². The van der Waals surface area contributed by atoms with Gasteiger partial charge in [-0.25, -0.2) is 0 Å². The number of furan rings is 1. The summed E-state index contributed by atoms with van der Waals surface area (Å²) in [6.45, 7) is 6.65. The maximum Gasteiger partial charge on any atom is 0.108 e. The van der Waals surface area contributed by atoms with Crippen molar-refractivity contribution in [1.82, 2.24) is 0 Å². The Morgan fingerprint density at radius 2 is 2.17 bits per heavy atom. The van der Waals surface area contributed by atoms with Gasteiger partial charge in [-0.1, -0.05) is 20.8 Å². The smallest absolute Gasteiger partial charge is 0.108 e. The number of halogens is 1. The zero-order chi connectivity index (χ0) is 9.14. The summed E-state index contributed by atoms with van der Waals surface area (Å²) in [5.41, 5.74) is 0. The fourth-order valence-corrected chi connectivity index (χ4v) is 1.84. The second kappa shape index (κ2) is 4.13. The third-order valence-corrected chi connectivity index (χ3v) is 2.61. The molecule has 2 heteroatoms. The number of hydrogen-bond acceptors (Lipinski definition) is 1. The molecular formula is C10H15BrO. The summed E-state index contributed by atoms with van der Waals surface area (Å²) in [5.74, 6) is 2.30. The highest BCUT2D eigenvalue weighted by Gasteiger charge is 2.16. The summed E-state index contributed by atoms with van der Waals surface area (Å²) in [5, 5.41) is 0. The molecule has 1 atom stereocenters. The van der Waals surface area contributed by atoms with Crippen molar-refractivity contribution in [2.75, 3.05) is 0 Å². The minimum Gasteiger partial charge on any atom is -0.468 e. The minimum absolute atomic E-state index is 0.552. The van der Waals surface area contributed by atoms with E-state index in [0.29, 0.717) is 11.8 Å². The van der Waals surface area contributed by atoms with Crippen molar-refractivity contribution < 1.29 is 4.42 Å². The largest absolute Gasteiger partial charge is 0.468 e. The zero-order valence-electron chi connectivity index (χ0n) is 7.80. The summed E-state index contributed by atoms with van der Waals surface area (Å²) in [7, 11) is 0. The van der Waals surface area contributed by atoms with Crippen LogP contribution in [-0.4, -0.2) is 0 Å². The first-order chi connectivity index (χ1) is 5.65. The van der Waals surface area contributed by atoms with E-state index in [2.05, 4.69) is 42.8 Å². The highest BCUT2D eigenvalue weighted by molar-refractivity contribution is 9.10. The van der Waals surface area contributed by atoms with E-state index in [9.17, 15) is 0 Å². The van der Waals surface area contributed by atoms with E-state index in [4.69, 9.17) is 4.42 Å². The number of rotatable bonds is 3. The van der Waals surface area contributed by atoms with E-state index in [1.165, 1.54) is 0 Å². The predicted octanol–water partition coefficient (Wildman–Crippen LogP) is 4.19. The molecule has 0 N–H and O–H groups in total. The molecule has 12 heavy (non-hydrogen) atoms. The van der Waals surface area contributed by atoms with Gasteiger partial charge in [-0.3, -0.25) is 0 Å². The summed E-state index contributed by atoms with van der Waals surface area (Å²) >= 11 is 3.38. The van der Waals surface area contributed by atoms with Crippen LogP contribution in [0.2, 0.25) is 0 Å². The molecule has 0 bridgehead atoms. The first-order valence-electron chi connectivity index (χ1n) is 4.39. The van der Waals surface area contributed by atoms with Gasteiger partial charge in [0.2, 0.25) is 0 Å². The normalized spacial score (nSPS) is 13.8. The average molecular weight is 231 g/mol. The van der Waals surface area contributed by atoms with Crippen LogP contribution in [-0.2, 0) is 0 Å². The minimum atomic E-state index is 0.552. The van der Waals surface area contributed by atoms with Crippen molar-refractivity contribution in [3.8, 4) is 0 Å². The molecule has 1 nitrogen and oxygen atoms in total. The van der Waals surface area contributed by atoms with Crippen LogP contribution in [0.3, 0.4) is 0 Å². The molecule has 0 aliphatic heterocycles. The van der Waals surface area contributed by atoms with Gasteiger partial charge in [0.05, 0.1) is 4.47 Å². The maximum absolute atomic E-state index is 5.43. The van der Waals surface area contributed by atoms with Gasteiger partial charge in [0.1, 0.15) is 12.0 Å². The van der Waals surface area contributed by atoms with Gasteiger partial charge in [0.15, 0.2) is 0 Å². The van der Waals surface area contributed by atoms with Crippen LogP contribution >= 0.6 is 15.9 Å². The Morgan fingerprint density at radius 1 is 1.50 bits per heavy atom. The van der Waals surface area contributed by atoms with Crippen LogP contribution in [0.25, 0.3) is 0 Å². The van der Waals surface area contributed by atoms with E-state index in [1.54, 1.807) is 6.26 Å². The van der Waals surface area contributed by atoms with Crippen LogP contribution in [0.5, 0.6) is 0 Å². The Kier molecular flexibility index (Phi) is 3.39. The molecule has 1 heterocycles. The van der Waals surface area contributed by atoms with Gasteiger partial charge < -0.3 is 4.42 Å². The Labute approximate surface area is 82.3 Å². The lowest BCUT2D eigenvalue weighted by Crippen LogP contribution is -2.03. The third kappa shape index (κ3) is 2.13. The molecule has 0 aliphatic rings. The van der Waals surface area contributed by atoms with E-state index in [1.807, 2.05) is 0 Å². The quantitative estimate of drug-likeness (QED) is 0.760. The third-order valence-electron chi connectivity index (χ3n) is 2.20. The molecule has 1 aromatic rings. The first-order valence-corrected chi connectivity index (χ1v) is 5.18. The molecule has 0 saturated heterocycles. The van der Waals surface area contributed by atoms with Crippen molar-refractivity contribution in [3.05, 3.63) is 22.6 Å². The standard InChI is InChI=1S/C10H15BrO/c1-4-9(7(2)3)10-5-8(11)6-12-10/h5-7,9H,4H2,1-3H3/t9-/m0/s1. The van der Waals surface area contributed by atoms with E-state index in [-0.39, 0.29) is 0 Å². The number of hydrogen-bond donors (Lipinski definition) is 0. The zero-order valence-corrected chi connectivity index (χ0v) is 9.39. The molecule has 0 aromatic carbocycles. The highest BCUT2D eigenvalue weighted by atomic mass is 79.9. The van der Waals surface area contributed by atoms with Crippen LogP contribution in [0.15, 0.2) is 21.2 Å².